The average molecular weight is 378 g/mol. The van der Waals surface area contributed by atoms with Crippen LogP contribution in [0, 0.1) is 5.82 Å². The van der Waals surface area contributed by atoms with Crippen molar-refractivity contribution >= 4 is 23.2 Å². The Morgan fingerprint density at radius 2 is 2.04 bits per heavy atom. The fraction of sp³-hybridized carbons (Fsp3) is 0.250. The van der Waals surface area contributed by atoms with Gasteiger partial charge in [-0.2, -0.15) is 0 Å². The van der Waals surface area contributed by atoms with Gasteiger partial charge in [-0.1, -0.05) is 24.3 Å². The summed E-state index contributed by atoms with van der Waals surface area (Å²) >= 11 is 5.96. The largest absolute Gasteiger partial charge is 0.490 e. The topological polar surface area (TPSA) is 42.8 Å². The van der Waals surface area contributed by atoms with Crippen molar-refractivity contribution in [2.75, 3.05) is 19.0 Å². The van der Waals surface area contributed by atoms with E-state index in [0.717, 1.165) is 16.2 Å². The van der Waals surface area contributed by atoms with E-state index in [4.69, 9.17) is 16.3 Å². The summed E-state index contributed by atoms with van der Waals surface area (Å²) in [4.78, 5) is 13.5. The van der Waals surface area contributed by atoms with Gasteiger partial charge in [-0.15, -0.1) is 0 Å². The van der Waals surface area contributed by atoms with Gasteiger partial charge >= 0.3 is 0 Å². The maximum absolute atomic E-state index is 13.1. The maximum Gasteiger partial charge on any atom is 0.282 e. The summed E-state index contributed by atoms with van der Waals surface area (Å²) in [6.45, 7) is 6.59. The number of halogens is 2. The second-order valence-electron chi connectivity index (χ2n) is 6.10. The summed E-state index contributed by atoms with van der Waals surface area (Å²) in [6, 6.07) is 11.3. The SMILES string of the molecule is C=CCOc1ccc(C[NH+](C)[C@@H](C)C(=O)Nc2ccc(F)cc2Cl)cc1. The smallest absolute Gasteiger partial charge is 0.282 e. The molecule has 6 heteroatoms. The quantitative estimate of drug-likeness (QED) is 0.694. The van der Waals surface area contributed by atoms with Gasteiger partial charge in [-0.3, -0.25) is 4.79 Å². The number of hydrogen-bond donors (Lipinski definition) is 2. The molecule has 0 bridgehead atoms. The molecule has 0 heterocycles. The third-order valence-corrected chi connectivity index (χ3v) is 4.41. The van der Waals surface area contributed by atoms with Crippen LogP contribution in [0.15, 0.2) is 55.1 Å². The van der Waals surface area contributed by atoms with E-state index in [-0.39, 0.29) is 17.0 Å². The average Bonchev–Trinajstić information content (AvgIpc) is 2.62. The molecule has 2 rings (SSSR count). The highest BCUT2D eigenvalue weighted by atomic mass is 35.5. The first-order valence-corrected chi connectivity index (χ1v) is 8.69. The molecule has 138 valence electrons. The van der Waals surface area contributed by atoms with Crippen LogP contribution in [0.5, 0.6) is 5.75 Å². The van der Waals surface area contributed by atoms with Gasteiger partial charge in [0.25, 0.3) is 5.91 Å². The van der Waals surface area contributed by atoms with Crippen molar-refractivity contribution in [3.05, 3.63) is 71.5 Å². The van der Waals surface area contributed by atoms with Crippen LogP contribution in [-0.2, 0) is 11.3 Å². The number of carbonyl (C=O) groups excluding carboxylic acids is 1. The molecule has 26 heavy (non-hydrogen) atoms. The summed E-state index contributed by atoms with van der Waals surface area (Å²) in [6.07, 6.45) is 1.69. The van der Waals surface area contributed by atoms with Gasteiger partial charge in [-0.25, -0.2) is 4.39 Å². The predicted molar refractivity (Wildman–Crippen MR) is 102 cm³/mol. The van der Waals surface area contributed by atoms with Crippen LogP contribution in [0.3, 0.4) is 0 Å². The Labute approximate surface area is 158 Å². The first kappa shape index (κ1) is 19.9. The molecule has 0 aromatic heterocycles. The predicted octanol–water partition coefficient (Wildman–Crippen LogP) is 3.09. The van der Waals surface area contributed by atoms with Crippen LogP contribution in [0.2, 0.25) is 5.02 Å². The molecule has 0 spiro atoms. The molecule has 0 aliphatic carbocycles. The zero-order valence-electron chi connectivity index (χ0n) is 14.9. The van der Waals surface area contributed by atoms with Gasteiger partial charge in [-0.05, 0) is 49.4 Å². The second-order valence-corrected chi connectivity index (χ2v) is 6.51. The molecule has 2 atom stereocenters. The lowest BCUT2D eigenvalue weighted by atomic mass is 10.1. The number of ether oxygens (including phenoxy) is 1. The zero-order valence-corrected chi connectivity index (χ0v) is 15.6. The lowest BCUT2D eigenvalue weighted by Gasteiger charge is -2.21. The van der Waals surface area contributed by atoms with Gasteiger partial charge < -0.3 is 15.0 Å². The molecule has 0 aliphatic rings. The lowest BCUT2D eigenvalue weighted by Crippen LogP contribution is -3.12. The third kappa shape index (κ3) is 5.58. The number of carbonyl (C=O) groups is 1. The van der Waals surface area contributed by atoms with Crippen LogP contribution in [0.25, 0.3) is 0 Å². The molecule has 0 saturated heterocycles. The van der Waals surface area contributed by atoms with Crippen molar-refractivity contribution in [3.63, 3.8) is 0 Å². The van der Waals surface area contributed by atoms with Gasteiger partial charge in [0, 0.05) is 5.56 Å². The number of benzene rings is 2. The van der Waals surface area contributed by atoms with Crippen LogP contribution < -0.4 is 15.0 Å². The van der Waals surface area contributed by atoms with Crippen molar-refractivity contribution in [3.8, 4) is 5.75 Å². The van der Waals surface area contributed by atoms with E-state index in [1.165, 1.54) is 18.2 Å². The molecule has 0 fully saturated rings. The van der Waals surface area contributed by atoms with Crippen molar-refractivity contribution in [2.24, 2.45) is 0 Å². The number of amides is 1. The van der Waals surface area contributed by atoms with Crippen LogP contribution in [-0.4, -0.2) is 25.6 Å². The minimum atomic E-state index is -0.440. The highest BCUT2D eigenvalue weighted by Crippen LogP contribution is 2.22. The van der Waals surface area contributed by atoms with E-state index >= 15 is 0 Å². The Hall–Kier alpha value is -2.37. The Morgan fingerprint density at radius 3 is 2.65 bits per heavy atom. The molecular weight excluding hydrogens is 355 g/mol. The standard InChI is InChI=1S/C20H22ClFN2O2/c1-4-11-26-17-8-5-15(6-9-17)13-24(3)14(2)20(25)23-19-10-7-16(22)12-18(19)21/h4-10,12,14H,1,11,13H2,2-3H3,(H,23,25)/p+1/t14-/m0/s1. The van der Waals surface area contributed by atoms with Gasteiger partial charge in [0.2, 0.25) is 0 Å². The zero-order chi connectivity index (χ0) is 19.1. The van der Waals surface area contributed by atoms with Crippen molar-refractivity contribution in [2.45, 2.75) is 19.5 Å². The highest BCUT2D eigenvalue weighted by Gasteiger charge is 2.22. The Kier molecular flexibility index (Phi) is 7.18. The normalized spacial score (nSPS) is 12.9. The lowest BCUT2D eigenvalue weighted by molar-refractivity contribution is -0.907. The van der Waals surface area contributed by atoms with Crippen LogP contribution in [0.1, 0.15) is 12.5 Å². The molecule has 2 aromatic rings. The van der Waals surface area contributed by atoms with E-state index in [0.29, 0.717) is 18.8 Å². The molecule has 1 amide bonds. The summed E-state index contributed by atoms with van der Waals surface area (Å²) < 4.78 is 18.6. The first-order chi connectivity index (χ1) is 12.4. The Morgan fingerprint density at radius 1 is 1.35 bits per heavy atom. The van der Waals surface area contributed by atoms with E-state index in [9.17, 15) is 9.18 Å². The van der Waals surface area contributed by atoms with Gasteiger partial charge in [0.15, 0.2) is 6.04 Å². The van der Waals surface area contributed by atoms with Crippen molar-refractivity contribution in [1.82, 2.24) is 0 Å². The van der Waals surface area contributed by atoms with Gasteiger partial charge in [0.1, 0.15) is 24.7 Å². The number of rotatable bonds is 8. The number of likely N-dealkylation sites (N-methyl/N-ethyl adjacent to an activating group) is 1. The molecule has 2 aromatic carbocycles. The third-order valence-electron chi connectivity index (χ3n) is 4.10. The summed E-state index contributed by atoms with van der Waals surface area (Å²) in [5.41, 5.74) is 1.49. The Bertz CT molecular complexity index is 765. The van der Waals surface area contributed by atoms with Crippen LogP contribution in [0.4, 0.5) is 10.1 Å². The summed E-state index contributed by atoms with van der Waals surface area (Å²) in [5, 5.41) is 2.93. The maximum atomic E-state index is 13.1. The number of nitrogens with one attached hydrogen (secondary N) is 2. The Balaban J connectivity index is 1.94. The fourth-order valence-electron chi connectivity index (χ4n) is 2.39. The number of anilines is 1. The fourth-order valence-corrected chi connectivity index (χ4v) is 2.60. The molecular formula is C20H23ClFN2O2+. The highest BCUT2D eigenvalue weighted by molar-refractivity contribution is 6.33. The minimum absolute atomic E-state index is 0.179. The monoisotopic (exact) mass is 377 g/mol. The molecule has 2 N–H and O–H groups in total. The summed E-state index contributed by atoms with van der Waals surface area (Å²) in [7, 11) is 1.94. The molecule has 0 aliphatic heterocycles. The van der Waals surface area contributed by atoms with E-state index in [2.05, 4.69) is 11.9 Å². The minimum Gasteiger partial charge on any atom is -0.490 e. The molecule has 0 radical (unpaired) electrons. The van der Waals surface area contributed by atoms with E-state index < -0.39 is 5.82 Å². The van der Waals surface area contributed by atoms with Crippen LogP contribution >= 0.6 is 11.6 Å². The molecule has 0 saturated carbocycles. The van der Waals surface area contributed by atoms with Crippen molar-refractivity contribution < 1.29 is 18.8 Å². The number of hydrogen-bond acceptors (Lipinski definition) is 2. The van der Waals surface area contributed by atoms with E-state index in [1.54, 1.807) is 6.08 Å². The summed E-state index contributed by atoms with van der Waals surface area (Å²) in [5.74, 6) is 0.161. The van der Waals surface area contributed by atoms with E-state index in [1.807, 2.05) is 38.2 Å². The first-order valence-electron chi connectivity index (χ1n) is 8.31. The number of quaternary nitrogens is 1. The van der Waals surface area contributed by atoms with Gasteiger partial charge in [0.05, 0.1) is 17.8 Å². The molecule has 1 unspecified atom stereocenters. The van der Waals surface area contributed by atoms with Crippen molar-refractivity contribution in [1.29, 1.82) is 0 Å². The second kappa shape index (κ2) is 9.36. The molecule has 4 nitrogen and oxygen atoms in total.